The Morgan fingerprint density at radius 1 is 0.861 bits per heavy atom. The molecule has 2 saturated heterocycles. The first kappa shape index (κ1) is 32.2. The van der Waals surface area contributed by atoms with Crippen LogP contribution < -0.4 is 0 Å². The van der Waals surface area contributed by atoms with Crippen LogP contribution in [-0.4, -0.2) is 73.3 Å². The van der Waals surface area contributed by atoms with Gasteiger partial charge in [0, 0.05) is 46.8 Å². The number of likely N-dealkylation sites (tertiary alicyclic amines) is 2. The number of carbonyl (C=O) groups excluding carboxylic acids is 2. The lowest BCUT2D eigenvalue weighted by Gasteiger charge is -2.38. The zero-order valence-corrected chi connectivity index (χ0v) is 29.4. The van der Waals surface area contributed by atoms with Crippen LogP contribution in [0.1, 0.15) is 52.5 Å². The molecule has 0 aromatic carbocycles. The zero-order chi connectivity index (χ0) is 27.3. The van der Waals surface area contributed by atoms with Crippen molar-refractivity contribution in [2.45, 2.75) is 62.6 Å². The summed E-state index contributed by atoms with van der Waals surface area (Å²) in [6.07, 6.45) is -0.417. The first-order chi connectivity index (χ1) is 16.5. The Balaban J connectivity index is 0.000000208. The van der Waals surface area contributed by atoms with E-state index in [-0.39, 0.29) is 17.8 Å². The molecule has 2 aliphatic rings. The third-order valence-corrected chi connectivity index (χ3v) is 8.89. The number of carbonyl (C=O) groups is 2. The maximum Gasteiger partial charge on any atom is 0.410 e. The molecule has 4 rings (SSSR count). The van der Waals surface area contributed by atoms with Crippen molar-refractivity contribution in [2.75, 3.05) is 26.2 Å². The van der Waals surface area contributed by atoms with E-state index < -0.39 is 5.60 Å². The smallest absolute Gasteiger partial charge is 0.410 e. The normalized spacial score (nSPS) is 16.1. The first-order valence-electron chi connectivity index (χ1n) is 11.0. The molecular formula is C22H30Br3IN4O4S2. The number of rotatable bonds is 1. The number of alkyl halides is 1. The Labute approximate surface area is 259 Å². The van der Waals surface area contributed by atoms with E-state index in [1.165, 1.54) is 0 Å². The van der Waals surface area contributed by atoms with Gasteiger partial charge in [-0.25, -0.2) is 19.6 Å². The SMILES string of the molecule is Brc1csc(Br)n1.CC(C)(C)OC(=O)N1CC(I)C1.CC(C)(C)OC(=O)N1CC(c2nc(Br)cs2)C1. The fourth-order valence-electron chi connectivity index (χ4n) is 2.70. The standard InChI is InChI=1S/C11H15BrN2O2S.C8H14INO2.C3HBr2NS/c1-11(2,3)16-10(15)14-4-7(5-14)9-13-8(12)6-17-9;1-8(2,3)12-7(11)10-4-6(9)5-10;4-2-1-7-3(5)6-2/h6-7H,4-5H2,1-3H3;6H,4-5H2,1-3H3;1H. The molecule has 8 nitrogen and oxygen atoms in total. The minimum atomic E-state index is -0.424. The van der Waals surface area contributed by atoms with E-state index in [0.29, 0.717) is 22.9 Å². The first-order valence-corrected chi connectivity index (χ1v) is 16.4. The molecule has 0 radical (unpaired) electrons. The van der Waals surface area contributed by atoms with Crippen molar-refractivity contribution in [3.05, 3.63) is 28.9 Å². The lowest BCUT2D eigenvalue weighted by Crippen LogP contribution is -2.52. The minimum Gasteiger partial charge on any atom is -0.444 e. The van der Waals surface area contributed by atoms with Crippen LogP contribution in [0.4, 0.5) is 9.59 Å². The van der Waals surface area contributed by atoms with E-state index in [9.17, 15) is 9.59 Å². The van der Waals surface area contributed by atoms with Crippen molar-refractivity contribution in [1.29, 1.82) is 0 Å². The summed E-state index contributed by atoms with van der Waals surface area (Å²) < 4.78 is 13.7. The fraction of sp³-hybridized carbons (Fsp3) is 0.636. The van der Waals surface area contributed by atoms with E-state index in [1.807, 2.05) is 52.3 Å². The summed E-state index contributed by atoms with van der Waals surface area (Å²) >= 11 is 15.3. The molecule has 14 heteroatoms. The summed E-state index contributed by atoms with van der Waals surface area (Å²) in [6, 6.07) is 0. The van der Waals surface area contributed by atoms with Crippen molar-refractivity contribution in [3.8, 4) is 0 Å². The minimum absolute atomic E-state index is 0.185. The highest BCUT2D eigenvalue weighted by molar-refractivity contribution is 14.1. The van der Waals surface area contributed by atoms with Gasteiger partial charge in [0.15, 0.2) is 3.92 Å². The van der Waals surface area contributed by atoms with Crippen LogP contribution in [0.25, 0.3) is 0 Å². The number of amides is 2. The maximum absolute atomic E-state index is 11.7. The summed E-state index contributed by atoms with van der Waals surface area (Å²) in [5.74, 6) is 0.360. The molecule has 0 unspecified atom stereocenters. The number of aromatic nitrogens is 2. The number of hydrogen-bond acceptors (Lipinski definition) is 8. The van der Waals surface area contributed by atoms with Crippen LogP contribution >= 0.6 is 93.1 Å². The molecule has 0 spiro atoms. The number of ether oxygens (including phenoxy) is 2. The molecule has 2 aromatic rings. The molecule has 202 valence electrons. The van der Waals surface area contributed by atoms with E-state index >= 15 is 0 Å². The highest BCUT2D eigenvalue weighted by Crippen LogP contribution is 2.31. The number of halogens is 4. The van der Waals surface area contributed by atoms with Crippen LogP contribution in [0.2, 0.25) is 0 Å². The van der Waals surface area contributed by atoms with E-state index in [0.717, 1.165) is 31.2 Å². The summed E-state index contributed by atoms with van der Waals surface area (Å²) in [5, 5.41) is 4.96. The van der Waals surface area contributed by atoms with Gasteiger partial charge < -0.3 is 19.3 Å². The van der Waals surface area contributed by atoms with Crippen molar-refractivity contribution in [2.24, 2.45) is 0 Å². The predicted molar refractivity (Wildman–Crippen MR) is 163 cm³/mol. The summed E-state index contributed by atoms with van der Waals surface area (Å²) in [5.41, 5.74) is -0.792. The second kappa shape index (κ2) is 13.9. The molecule has 0 N–H and O–H groups in total. The topological polar surface area (TPSA) is 84.9 Å². The molecule has 4 heterocycles. The van der Waals surface area contributed by atoms with Crippen molar-refractivity contribution >= 4 is 105 Å². The monoisotopic (exact) mass is 842 g/mol. The van der Waals surface area contributed by atoms with Gasteiger partial charge in [0.1, 0.15) is 25.4 Å². The summed E-state index contributed by atoms with van der Waals surface area (Å²) in [6.45, 7) is 14.3. The van der Waals surface area contributed by atoms with Gasteiger partial charge in [-0.3, -0.25) is 0 Å². The van der Waals surface area contributed by atoms with Gasteiger partial charge >= 0.3 is 12.2 Å². The lowest BCUT2D eigenvalue weighted by molar-refractivity contribution is 0.00805. The van der Waals surface area contributed by atoms with Gasteiger partial charge in [0.2, 0.25) is 0 Å². The molecule has 0 saturated carbocycles. The largest absolute Gasteiger partial charge is 0.444 e. The Hall–Kier alpha value is -0.0300. The molecule has 2 aliphatic heterocycles. The molecule has 36 heavy (non-hydrogen) atoms. The van der Waals surface area contributed by atoms with Crippen molar-refractivity contribution in [3.63, 3.8) is 0 Å². The van der Waals surface area contributed by atoms with Gasteiger partial charge in [-0.15, -0.1) is 22.7 Å². The molecular weight excluding hydrogens is 815 g/mol. The fourth-order valence-corrected chi connectivity index (χ4v) is 6.68. The Morgan fingerprint density at radius 3 is 1.61 bits per heavy atom. The Morgan fingerprint density at radius 2 is 1.31 bits per heavy atom. The van der Waals surface area contributed by atoms with E-state index in [2.05, 4.69) is 80.3 Å². The molecule has 2 fully saturated rings. The lowest BCUT2D eigenvalue weighted by atomic mass is 10.0. The van der Waals surface area contributed by atoms with Crippen LogP contribution in [0.5, 0.6) is 0 Å². The van der Waals surface area contributed by atoms with Crippen LogP contribution in [0.15, 0.2) is 23.9 Å². The average Bonchev–Trinajstić information content (AvgIpc) is 3.23. The Bertz CT molecular complexity index is 997. The summed E-state index contributed by atoms with van der Waals surface area (Å²) in [7, 11) is 0. The van der Waals surface area contributed by atoms with Gasteiger partial charge in [0.25, 0.3) is 0 Å². The number of hydrogen-bond donors (Lipinski definition) is 0. The molecule has 2 aromatic heterocycles. The number of thiazole rings is 2. The van der Waals surface area contributed by atoms with Crippen LogP contribution in [-0.2, 0) is 9.47 Å². The van der Waals surface area contributed by atoms with Gasteiger partial charge in [-0.05, 0) is 89.3 Å². The van der Waals surface area contributed by atoms with Crippen molar-refractivity contribution < 1.29 is 19.1 Å². The van der Waals surface area contributed by atoms with Gasteiger partial charge in [0.05, 0.1) is 0 Å². The molecule has 2 amide bonds. The Kier molecular flexibility index (Phi) is 12.4. The second-order valence-electron chi connectivity index (χ2n) is 10.00. The molecule has 0 atom stereocenters. The average molecular weight is 845 g/mol. The van der Waals surface area contributed by atoms with Crippen molar-refractivity contribution in [1.82, 2.24) is 19.8 Å². The number of nitrogens with zero attached hydrogens (tertiary/aromatic N) is 4. The maximum atomic E-state index is 11.7. The second-order valence-corrected chi connectivity index (χ2v) is 16.4. The molecule has 0 aliphatic carbocycles. The quantitative estimate of drug-likeness (QED) is 0.214. The third kappa shape index (κ3) is 11.8. The third-order valence-electron chi connectivity index (χ3n) is 4.31. The predicted octanol–water partition coefficient (Wildman–Crippen LogP) is 7.95. The van der Waals surface area contributed by atoms with Crippen LogP contribution in [0, 0.1) is 0 Å². The van der Waals surface area contributed by atoms with Gasteiger partial charge in [-0.1, -0.05) is 22.6 Å². The highest BCUT2D eigenvalue weighted by Gasteiger charge is 2.36. The van der Waals surface area contributed by atoms with E-state index in [1.54, 1.807) is 32.5 Å². The van der Waals surface area contributed by atoms with Gasteiger partial charge in [-0.2, -0.15) is 0 Å². The highest BCUT2D eigenvalue weighted by atomic mass is 127. The van der Waals surface area contributed by atoms with E-state index in [4.69, 9.17) is 9.47 Å². The molecule has 0 bridgehead atoms. The zero-order valence-electron chi connectivity index (χ0n) is 20.9. The van der Waals surface area contributed by atoms with Crippen LogP contribution in [0.3, 0.4) is 0 Å². The summed E-state index contributed by atoms with van der Waals surface area (Å²) in [4.78, 5) is 34.7.